The normalized spacial score (nSPS) is 14.8. The maximum atomic E-state index is 12.5. The van der Waals surface area contributed by atoms with Crippen molar-refractivity contribution in [3.05, 3.63) is 71.1 Å². The van der Waals surface area contributed by atoms with E-state index in [1.54, 1.807) is 48.2 Å². The van der Waals surface area contributed by atoms with Crippen LogP contribution in [0.1, 0.15) is 35.7 Å². The summed E-state index contributed by atoms with van der Waals surface area (Å²) in [5.41, 5.74) is 1.57. The lowest BCUT2D eigenvalue weighted by atomic mass is 10.0. The quantitative estimate of drug-likeness (QED) is 0.663. The highest BCUT2D eigenvalue weighted by Gasteiger charge is 2.24. The average molecular weight is 458 g/mol. The van der Waals surface area contributed by atoms with Gasteiger partial charge in [-0.1, -0.05) is 30.3 Å². The number of benzene rings is 2. The number of piperidine rings is 1. The SMILES string of the molecule is CCOC(=O)N1CCC(NC(=O)c2ccc(NS(=O)(=O)/C=C/c3ccccc3)cc2)CC1. The van der Waals surface area contributed by atoms with Crippen LogP contribution in [0.2, 0.25) is 0 Å². The number of nitrogens with one attached hydrogen (secondary N) is 2. The van der Waals surface area contributed by atoms with Crippen LogP contribution < -0.4 is 10.0 Å². The highest BCUT2D eigenvalue weighted by molar-refractivity contribution is 7.95. The highest BCUT2D eigenvalue weighted by atomic mass is 32.2. The third-order valence-corrected chi connectivity index (χ3v) is 6.02. The van der Waals surface area contributed by atoms with Crippen molar-refractivity contribution in [3.63, 3.8) is 0 Å². The van der Waals surface area contributed by atoms with Crippen LogP contribution in [0.3, 0.4) is 0 Å². The number of ether oxygens (including phenoxy) is 1. The largest absolute Gasteiger partial charge is 0.450 e. The average Bonchev–Trinajstić information content (AvgIpc) is 2.79. The summed E-state index contributed by atoms with van der Waals surface area (Å²) in [6.07, 6.45) is 2.48. The Morgan fingerprint density at radius 1 is 1.06 bits per heavy atom. The third kappa shape index (κ3) is 6.84. The highest BCUT2D eigenvalue weighted by Crippen LogP contribution is 2.15. The summed E-state index contributed by atoms with van der Waals surface area (Å²) in [5, 5.41) is 4.07. The van der Waals surface area contributed by atoms with E-state index in [0.717, 1.165) is 11.0 Å². The molecule has 1 fully saturated rings. The summed E-state index contributed by atoms with van der Waals surface area (Å²) >= 11 is 0. The molecule has 2 N–H and O–H groups in total. The predicted octanol–water partition coefficient (Wildman–Crippen LogP) is 3.45. The second-order valence-electron chi connectivity index (χ2n) is 7.37. The molecule has 0 unspecified atom stereocenters. The molecule has 32 heavy (non-hydrogen) atoms. The first-order valence-electron chi connectivity index (χ1n) is 10.4. The second-order valence-corrected chi connectivity index (χ2v) is 8.94. The van der Waals surface area contributed by atoms with Gasteiger partial charge in [0.2, 0.25) is 0 Å². The molecule has 0 radical (unpaired) electrons. The van der Waals surface area contributed by atoms with Crippen molar-refractivity contribution in [1.29, 1.82) is 0 Å². The number of sulfonamides is 1. The van der Waals surface area contributed by atoms with E-state index in [4.69, 9.17) is 4.74 Å². The fourth-order valence-electron chi connectivity index (χ4n) is 3.31. The Morgan fingerprint density at radius 3 is 2.34 bits per heavy atom. The van der Waals surface area contributed by atoms with E-state index >= 15 is 0 Å². The van der Waals surface area contributed by atoms with E-state index in [2.05, 4.69) is 10.0 Å². The van der Waals surface area contributed by atoms with Crippen molar-refractivity contribution in [2.24, 2.45) is 0 Å². The van der Waals surface area contributed by atoms with Crippen LogP contribution in [0.15, 0.2) is 60.0 Å². The molecule has 2 aromatic rings. The zero-order valence-corrected chi connectivity index (χ0v) is 18.7. The van der Waals surface area contributed by atoms with Gasteiger partial charge < -0.3 is 15.0 Å². The second kappa shape index (κ2) is 10.8. The minimum absolute atomic E-state index is 0.0329. The molecule has 0 aromatic heterocycles. The maximum absolute atomic E-state index is 12.5. The fourth-order valence-corrected chi connectivity index (χ4v) is 4.18. The van der Waals surface area contributed by atoms with E-state index in [9.17, 15) is 18.0 Å². The molecule has 1 aliphatic rings. The van der Waals surface area contributed by atoms with Gasteiger partial charge in [-0.25, -0.2) is 13.2 Å². The number of rotatable bonds is 7. The minimum atomic E-state index is -3.68. The first-order chi connectivity index (χ1) is 15.4. The van der Waals surface area contributed by atoms with E-state index in [-0.39, 0.29) is 18.0 Å². The summed E-state index contributed by atoms with van der Waals surface area (Å²) < 4.78 is 32.0. The van der Waals surface area contributed by atoms with Crippen molar-refractivity contribution < 1.29 is 22.7 Å². The molecule has 0 atom stereocenters. The molecule has 1 heterocycles. The van der Waals surface area contributed by atoms with Gasteiger partial charge >= 0.3 is 6.09 Å². The predicted molar refractivity (Wildman–Crippen MR) is 124 cm³/mol. The molecule has 0 aliphatic carbocycles. The number of hydrogen-bond acceptors (Lipinski definition) is 5. The van der Waals surface area contributed by atoms with E-state index in [0.29, 0.717) is 43.8 Å². The lowest BCUT2D eigenvalue weighted by Gasteiger charge is -2.31. The molecule has 2 amide bonds. The van der Waals surface area contributed by atoms with Gasteiger partial charge in [-0.15, -0.1) is 0 Å². The number of amides is 2. The number of likely N-dealkylation sites (tertiary alicyclic amines) is 1. The van der Waals surface area contributed by atoms with Crippen molar-refractivity contribution in [2.75, 3.05) is 24.4 Å². The first-order valence-corrected chi connectivity index (χ1v) is 12.0. The van der Waals surface area contributed by atoms with Crippen molar-refractivity contribution in [3.8, 4) is 0 Å². The summed E-state index contributed by atoms with van der Waals surface area (Å²) in [5.74, 6) is -0.238. The first kappa shape index (κ1) is 23.3. The zero-order chi connectivity index (χ0) is 23.0. The molecule has 0 saturated carbocycles. The van der Waals surface area contributed by atoms with Crippen LogP contribution in [-0.2, 0) is 14.8 Å². The molecular weight excluding hydrogens is 430 g/mol. The minimum Gasteiger partial charge on any atom is -0.450 e. The lowest BCUT2D eigenvalue weighted by molar-refractivity contribution is 0.0860. The standard InChI is InChI=1S/C23H27N3O5S/c1-2-31-23(28)26-15-12-20(13-16-26)24-22(27)19-8-10-21(11-9-19)25-32(29,30)17-14-18-6-4-3-5-7-18/h3-11,14,17,20,25H,2,12-13,15-16H2,1H3,(H,24,27)/b17-14+. The van der Waals surface area contributed by atoms with Crippen LogP contribution in [-0.4, -0.2) is 51.1 Å². The molecule has 0 bridgehead atoms. The maximum Gasteiger partial charge on any atom is 0.409 e. The molecule has 9 heteroatoms. The Hall–Kier alpha value is -3.33. The van der Waals surface area contributed by atoms with Gasteiger partial charge in [-0.05, 0) is 55.7 Å². The molecular formula is C23H27N3O5S. The van der Waals surface area contributed by atoms with Crippen LogP contribution in [0, 0.1) is 0 Å². The Balaban J connectivity index is 1.51. The summed E-state index contributed by atoms with van der Waals surface area (Å²) in [7, 11) is -3.68. The Labute approximate surface area is 188 Å². The number of carbonyl (C=O) groups is 2. The molecule has 8 nitrogen and oxygen atoms in total. The molecule has 2 aromatic carbocycles. The van der Waals surface area contributed by atoms with Crippen molar-refractivity contribution >= 4 is 33.8 Å². The zero-order valence-electron chi connectivity index (χ0n) is 17.9. The number of carbonyl (C=O) groups excluding carboxylic acids is 2. The van der Waals surface area contributed by atoms with E-state index in [1.807, 2.05) is 18.2 Å². The number of hydrogen-bond donors (Lipinski definition) is 2. The fraction of sp³-hybridized carbons (Fsp3) is 0.304. The Bertz CT molecular complexity index is 1040. The van der Waals surface area contributed by atoms with Crippen molar-refractivity contribution in [2.45, 2.75) is 25.8 Å². The molecule has 0 spiro atoms. The lowest BCUT2D eigenvalue weighted by Crippen LogP contribution is -2.46. The molecule has 170 valence electrons. The smallest absolute Gasteiger partial charge is 0.409 e. The third-order valence-electron chi connectivity index (χ3n) is 5.00. The van der Waals surface area contributed by atoms with Crippen LogP contribution >= 0.6 is 0 Å². The van der Waals surface area contributed by atoms with Gasteiger partial charge in [0.1, 0.15) is 0 Å². The Morgan fingerprint density at radius 2 is 1.72 bits per heavy atom. The summed E-state index contributed by atoms with van der Waals surface area (Å²) in [6.45, 7) is 3.16. The van der Waals surface area contributed by atoms with E-state index in [1.165, 1.54) is 6.08 Å². The topological polar surface area (TPSA) is 105 Å². The number of anilines is 1. The number of nitrogens with zero attached hydrogens (tertiary/aromatic N) is 1. The van der Waals surface area contributed by atoms with Gasteiger partial charge in [0.25, 0.3) is 15.9 Å². The van der Waals surface area contributed by atoms with Crippen molar-refractivity contribution in [1.82, 2.24) is 10.2 Å². The Kier molecular flexibility index (Phi) is 7.88. The van der Waals surface area contributed by atoms with Gasteiger partial charge in [-0.2, -0.15) is 0 Å². The molecule has 1 saturated heterocycles. The van der Waals surface area contributed by atoms with Gasteiger partial charge in [0.15, 0.2) is 0 Å². The van der Waals surface area contributed by atoms with E-state index < -0.39 is 10.0 Å². The summed E-state index contributed by atoms with van der Waals surface area (Å²) in [6, 6.07) is 15.3. The van der Waals surface area contributed by atoms with Gasteiger partial charge in [-0.3, -0.25) is 9.52 Å². The molecule has 3 rings (SSSR count). The molecule has 1 aliphatic heterocycles. The van der Waals surface area contributed by atoms with Crippen LogP contribution in [0.4, 0.5) is 10.5 Å². The van der Waals surface area contributed by atoms with Crippen LogP contribution in [0.25, 0.3) is 6.08 Å². The summed E-state index contributed by atoms with van der Waals surface area (Å²) in [4.78, 5) is 25.9. The van der Waals surface area contributed by atoms with Gasteiger partial charge in [0, 0.05) is 30.4 Å². The van der Waals surface area contributed by atoms with Crippen LogP contribution in [0.5, 0.6) is 0 Å². The van der Waals surface area contributed by atoms with Gasteiger partial charge in [0.05, 0.1) is 12.0 Å². The monoisotopic (exact) mass is 457 g/mol.